The Morgan fingerprint density at radius 2 is 1.65 bits per heavy atom. The second kappa shape index (κ2) is 6.75. The van der Waals surface area contributed by atoms with Gasteiger partial charge in [0.05, 0.1) is 11.1 Å². The Balaban J connectivity index is 1.70. The molecular weight excluding hydrogens is 362 g/mol. The number of carbonyl (C=O) groups excluding carboxylic acids is 1. The smallest absolute Gasteiger partial charge is 0.352 e. The Labute approximate surface area is 146 Å². The highest BCUT2D eigenvalue weighted by Gasteiger charge is 2.41. The van der Waals surface area contributed by atoms with E-state index in [0.717, 1.165) is 19.2 Å². The molecule has 1 saturated heterocycles. The average Bonchev–Trinajstić information content (AvgIpc) is 3.12. The largest absolute Gasteiger partial charge is 0.416 e. The molecule has 1 aromatic carbocycles. The van der Waals surface area contributed by atoms with Crippen molar-refractivity contribution >= 4 is 5.91 Å². The van der Waals surface area contributed by atoms with Crippen molar-refractivity contribution in [3.63, 3.8) is 0 Å². The Kier molecular flexibility index (Phi) is 4.94. The van der Waals surface area contributed by atoms with Crippen LogP contribution in [0.2, 0.25) is 0 Å². The molecule has 1 aliphatic heterocycles. The van der Waals surface area contributed by atoms with Crippen LogP contribution in [0.4, 0.5) is 26.3 Å². The van der Waals surface area contributed by atoms with Crippen LogP contribution in [0.1, 0.15) is 29.5 Å². The van der Waals surface area contributed by atoms with Crippen LogP contribution in [0.3, 0.4) is 0 Å². The summed E-state index contributed by atoms with van der Waals surface area (Å²) in [6, 6.07) is 1.47. The Hall–Kier alpha value is -1.77. The summed E-state index contributed by atoms with van der Waals surface area (Å²) < 4.78 is 77.4. The number of amides is 1. The molecule has 2 aliphatic rings. The van der Waals surface area contributed by atoms with Crippen LogP contribution in [0.5, 0.6) is 0 Å². The van der Waals surface area contributed by atoms with Crippen LogP contribution >= 0.6 is 0 Å². The predicted octanol–water partition coefficient (Wildman–Crippen LogP) is 3.59. The van der Waals surface area contributed by atoms with Gasteiger partial charge in [0, 0.05) is 12.5 Å². The molecule has 3 nitrogen and oxygen atoms in total. The van der Waals surface area contributed by atoms with Crippen LogP contribution in [-0.4, -0.2) is 19.0 Å². The molecule has 0 radical (unpaired) electrons. The lowest BCUT2D eigenvalue weighted by atomic mass is 10.0. The summed E-state index contributed by atoms with van der Waals surface area (Å²) in [7, 11) is 0. The van der Waals surface area contributed by atoms with Gasteiger partial charge in [0.2, 0.25) is 5.91 Å². The number of alkyl halides is 6. The van der Waals surface area contributed by atoms with Gasteiger partial charge in [-0.2, -0.15) is 26.3 Å². The highest BCUT2D eigenvalue weighted by molar-refractivity contribution is 5.79. The number of hydrogen-bond acceptors (Lipinski definition) is 2. The van der Waals surface area contributed by atoms with Crippen molar-refractivity contribution in [2.24, 2.45) is 17.8 Å². The van der Waals surface area contributed by atoms with Gasteiger partial charge in [0.25, 0.3) is 0 Å². The molecule has 1 heterocycles. The molecule has 1 aromatic rings. The van der Waals surface area contributed by atoms with Crippen LogP contribution < -0.4 is 10.6 Å². The molecule has 1 aliphatic carbocycles. The van der Waals surface area contributed by atoms with Gasteiger partial charge in [-0.05, 0) is 55.5 Å². The lowest BCUT2D eigenvalue weighted by Crippen LogP contribution is -2.31. The highest BCUT2D eigenvalue weighted by Crippen LogP contribution is 2.39. The van der Waals surface area contributed by atoms with E-state index in [2.05, 4.69) is 10.6 Å². The highest BCUT2D eigenvalue weighted by atomic mass is 19.4. The van der Waals surface area contributed by atoms with Crippen molar-refractivity contribution in [3.8, 4) is 0 Å². The van der Waals surface area contributed by atoms with Gasteiger partial charge < -0.3 is 10.6 Å². The van der Waals surface area contributed by atoms with Crippen molar-refractivity contribution in [1.29, 1.82) is 0 Å². The predicted molar refractivity (Wildman–Crippen MR) is 80.9 cm³/mol. The summed E-state index contributed by atoms with van der Waals surface area (Å²) >= 11 is 0. The van der Waals surface area contributed by atoms with Crippen molar-refractivity contribution in [2.75, 3.05) is 13.1 Å². The maximum atomic E-state index is 13.1. The lowest BCUT2D eigenvalue weighted by molar-refractivity contribution is -0.143. The zero-order chi connectivity index (χ0) is 19.1. The standard InChI is InChI=1S/C17H18F6N2O/c18-16(19,20)13-2-1-9(14(5-13)17(21,22)23)8-25-15(26)10-3-11-6-24-7-12(11)4-10/h1-2,5,10-12,24H,3-4,6-8H2,(H,25,26)/t10?,11-,12+. The first-order chi connectivity index (χ1) is 12.1. The van der Waals surface area contributed by atoms with Gasteiger partial charge in [-0.25, -0.2) is 0 Å². The number of benzene rings is 1. The fraction of sp³-hybridized carbons (Fsp3) is 0.588. The Morgan fingerprint density at radius 3 is 2.19 bits per heavy atom. The van der Waals surface area contributed by atoms with E-state index < -0.39 is 30.0 Å². The normalized spacial score (nSPS) is 26.0. The minimum Gasteiger partial charge on any atom is -0.352 e. The van der Waals surface area contributed by atoms with Crippen molar-refractivity contribution in [1.82, 2.24) is 10.6 Å². The Bertz CT molecular complexity index is 673. The number of halogens is 6. The summed E-state index contributed by atoms with van der Waals surface area (Å²) in [6.45, 7) is 1.23. The molecule has 0 aromatic heterocycles. The third-order valence-corrected chi connectivity index (χ3v) is 5.22. The quantitative estimate of drug-likeness (QED) is 0.787. The third-order valence-electron chi connectivity index (χ3n) is 5.22. The van der Waals surface area contributed by atoms with Gasteiger partial charge >= 0.3 is 12.4 Å². The molecule has 0 spiro atoms. The Morgan fingerprint density at radius 1 is 1.04 bits per heavy atom. The maximum Gasteiger partial charge on any atom is 0.416 e. The third kappa shape index (κ3) is 3.97. The average molecular weight is 380 g/mol. The first-order valence-electron chi connectivity index (χ1n) is 8.31. The lowest BCUT2D eigenvalue weighted by Gasteiger charge is -2.17. The summed E-state index contributed by atoms with van der Waals surface area (Å²) in [5.74, 6) is 0.216. The molecule has 1 unspecified atom stereocenters. The minimum absolute atomic E-state index is 0.0904. The van der Waals surface area contributed by atoms with E-state index in [-0.39, 0.29) is 23.5 Å². The molecule has 2 N–H and O–H groups in total. The molecule has 9 heteroatoms. The summed E-state index contributed by atoms with van der Waals surface area (Å²) in [5, 5.41) is 5.69. The van der Waals surface area contributed by atoms with Crippen LogP contribution in [0.25, 0.3) is 0 Å². The number of rotatable bonds is 3. The molecule has 1 saturated carbocycles. The van der Waals surface area contributed by atoms with Gasteiger partial charge in [-0.1, -0.05) is 6.07 Å². The molecule has 2 fully saturated rings. The van der Waals surface area contributed by atoms with E-state index in [1.165, 1.54) is 0 Å². The van der Waals surface area contributed by atoms with Crippen molar-refractivity contribution in [2.45, 2.75) is 31.7 Å². The molecule has 3 atom stereocenters. The summed E-state index contributed by atoms with van der Waals surface area (Å²) in [4.78, 5) is 12.2. The fourth-order valence-corrected chi connectivity index (χ4v) is 3.88. The van der Waals surface area contributed by atoms with E-state index in [9.17, 15) is 31.1 Å². The molecule has 1 amide bonds. The second-order valence-corrected chi connectivity index (χ2v) is 6.93. The van der Waals surface area contributed by atoms with Gasteiger partial charge in [-0.3, -0.25) is 4.79 Å². The summed E-state index contributed by atoms with van der Waals surface area (Å²) in [6.07, 6.45) is -8.43. The van der Waals surface area contributed by atoms with Crippen LogP contribution in [-0.2, 0) is 23.7 Å². The maximum absolute atomic E-state index is 13.1. The number of carbonyl (C=O) groups is 1. The van der Waals surface area contributed by atoms with Crippen LogP contribution in [0.15, 0.2) is 18.2 Å². The second-order valence-electron chi connectivity index (χ2n) is 6.93. The SMILES string of the molecule is O=C(NCc1ccc(C(F)(F)F)cc1C(F)(F)F)C1C[C@H]2CNC[C@H]2C1. The number of nitrogens with one attached hydrogen (secondary N) is 2. The molecule has 3 rings (SSSR count). The molecular formula is C17H18F6N2O. The van der Waals surface area contributed by atoms with Gasteiger partial charge in [-0.15, -0.1) is 0 Å². The van der Waals surface area contributed by atoms with Crippen molar-refractivity contribution in [3.05, 3.63) is 34.9 Å². The first-order valence-corrected chi connectivity index (χ1v) is 8.31. The molecule has 0 bridgehead atoms. The fourth-order valence-electron chi connectivity index (χ4n) is 3.88. The topological polar surface area (TPSA) is 41.1 Å². The van der Waals surface area contributed by atoms with Crippen molar-refractivity contribution < 1.29 is 31.1 Å². The van der Waals surface area contributed by atoms with E-state index >= 15 is 0 Å². The van der Waals surface area contributed by atoms with E-state index in [4.69, 9.17) is 0 Å². The van der Waals surface area contributed by atoms with E-state index in [1.54, 1.807) is 0 Å². The minimum atomic E-state index is -4.93. The molecule has 26 heavy (non-hydrogen) atoms. The van der Waals surface area contributed by atoms with E-state index in [0.29, 0.717) is 30.7 Å². The first kappa shape index (κ1) is 19.0. The zero-order valence-corrected chi connectivity index (χ0v) is 13.7. The van der Waals surface area contributed by atoms with E-state index in [1.807, 2.05) is 0 Å². The number of hydrogen-bond donors (Lipinski definition) is 2. The van der Waals surface area contributed by atoms with Crippen LogP contribution in [0, 0.1) is 17.8 Å². The summed E-state index contributed by atoms with van der Waals surface area (Å²) in [5.41, 5.74) is -3.12. The molecule has 144 valence electrons. The van der Waals surface area contributed by atoms with Gasteiger partial charge in [0.1, 0.15) is 0 Å². The monoisotopic (exact) mass is 380 g/mol. The zero-order valence-electron chi connectivity index (χ0n) is 13.7. The number of fused-ring (bicyclic) bond motifs is 1. The van der Waals surface area contributed by atoms with Gasteiger partial charge in [0.15, 0.2) is 0 Å².